The highest BCUT2D eigenvalue weighted by atomic mass is 31.3. The van der Waals surface area contributed by atoms with Gasteiger partial charge in [0.25, 0.3) is 17.5 Å². The fraction of sp³-hybridized carbons (Fsp3) is 0.222. The molecule has 0 saturated carbocycles. The van der Waals surface area contributed by atoms with Crippen LogP contribution in [-0.4, -0.2) is 74.8 Å². The van der Waals surface area contributed by atoms with E-state index < -0.39 is 72.2 Å². The van der Waals surface area contributed by atoms with Crippen LogP contribution in [0.2, 0.25) is 0 Å². The third-order valence-corrected chi connectivity index (χ3v) is 11.2. The van der Waals surface area contributed by atoms with Gasteiger partial charge in [0.2, 0.25) is 0 Å². The van der Waals surface area contributed by atoms with Crippen molar-refractivity contribution in [2.24, 2.45) is 0 Å². The summed E-state index contributed by atoms with van der Waals surface area (Å²) in [4.78, 5) is 58.4. The van der Waals surface area contributed by atoms with E-state index in [1.54, 1.807) is 48.5 Å². The van der Waals surface area contributed by atoms with Gasteiger partial charge >= 0.3 is 29.2 Å². The van der Waals surface area contributed by atoms with Crippen LogP contribution in [0.1, 0.15) is 22.1 Å². The summed E-state index contributed by atoms with van der Waals surface area (Å²) in [5.41, 5.74) is -0.720. The molecule has 5 atom stereocenters. The van der Waals surface area contributed by atoms with E-state index in [1.807, 2.05) is 6.07 Å². The molecule has 3 unspecified atom stereocenters. The number of aromatic nitrogens is 2. The zero-order valence-corrected chi connectivity index (χ0v) is 27.8. The van der Waals surface area contributed by atoms with Gasteiger partial charge in [-0.3, -0.25) is 18.4 Å². The van der Waals surface area contributed by atoms with Crippen LogP contribution in [0.3, 0.4) is 0 Å². The van der Waals surface area contributed by atoms with Gasteiger partial charge < -0.3 is 45.2 Å². The van der Waals surface area contributed by atoms with Crippen molar-refractivity contribution in [2.45, 2.75) is 30.5 Å². The maximum atomic E-state index is 12.7. The van der Waals surface area contributed by atoms with Crippen molar-refractivity contribution in [1.29, 1.82) is 0 Å². The van der Waals surface area contributed by atoms with Gasteiger partial charge in [-0.25, -0.2) is 18.5 Å². The standard InChI is InChI=1S/C27H28N3O17P3/c31-23(19-7-2-1-3-8-19)28-22-12-13-30(25(32)29-22)24-27(35,36)26(33,34)21(45-24)16-44-49(39,40)47-50(41,42)46-48(37,38)43-15-17-10-11-18-6-4-5-9-20(18)14-17/h1-14,21,24,33-36H,15-16H2,(H,37,38)(H,39,40)(H,41,42)(H,28,29,31,32)/t21-,24-/m1/s1. The quantitative estimate of drug-likeness (QED) is 0.0707. The normalized spacial score (nSPS) is 21.9. The molecule has 268 valence electrons. The maximum Gasteiger partial charge on any atom is 0.490 e. The predicted octanol–water partition coefficient (Wildman–Crippen LogP) is 1.48. The van der Waals surface area contributed by atoms with Crippen LogP contribution < -0.4 is 11.0 Å². The SMILES string of the molecule is O=C(Nc1ccn([C@@H]2O[C@H](COP(=O)(O)OP(=O)(O)OP(=O)(O)OCc3ccc4ccccc4c3)C(O)(O)C2(O)O)c(=O)n1)c1ccccc1. The minimum absolute atomic E-state index is 0.223. The van der Waals surface area contributed by atoms with Crippen molar-refractivity contribution < 1.29 is 76.0 Å². The monoisotopic (exact) mass is 759 g/mol. The fourth-order valence-corrected chi connectivity index (χ4v) is 8.07. The number of nitrogens with zero attached hydrogens (tertiary/aromatic N) is 2. The Balaban J connectivity index is 1.20. The second kappa shape index (κ2) is 14.2. The van der Waals surface area contributed by atoms with E-state index in [0.717, 1.165) is 23.0 Å². The molecule has 1 aliphatic heterocycles. The Labute approximate surface area is 280 Å². The molecule has 0 radical (unpaired) electrons. The van der Waals surface area contributed by atoms with Crippen LogP contribution in [0.15, 0.2) is 89.9 Å². The zero-order valence-electron chi connectivity index (χ0n) is 25.1. The lowest BCUT2D eigenvalue weighted by Crippen LogP contribution is -2.59. The summed E-state index contributed by atoms with van der Waals surface area (Å²) in [6, 6.07) is 20.8. The van der Waals surface area contributed by atoms with Crippen LogP contribution in [0.4, 0.5) is 5.82 Å². The van der Waals surface area contributed by atoms with E-state index in [4.69, 9.17) is 4.74 Å². The first-order valence-electron chi connectivity index (χ1n) is 14.0. The molecule has 1 saturated heterocycles. The maximum absolute atomic E-state index is 12.7. The molecule has 4 aromatic rings. The number of carbonyl (C=O) groups excluding carboxylic acids is 1. The van der Waals surface area contributed by atoms with Gasteiger partial charge in [0.1, 0.15) is 11.9 Å². The molecule has 50 heavy (non-hydrogen) atoms. The van der Waals surface area contributed by atoms with Gasteiger partial charge in [0.15, 0.2) is 6.23 Å². The second-order valence-electron chi connectivity index (χ2n) is 10.6. The van der Waals surface area contributed by atoms with Crippen LogP contribution in [0.5, 0.6) is 0 Å². The molecule has 1 aliphatic rings. The summed E-state index contributed by atoms with van der Waals surface area (Å²) in [6.45, 7) is -2.10. The molecular formula is C27H28N3O17P3. The number of phosphoric acid groups is 3. The molecule has 0 aliphatic carbocycles. The average molecular weight is 759 g/mol. The minimum atomic E-state index is -5.94. The third kappa shape index (κ3) is 8.67. The molecule has 1 fully saturated rings. The van der Waals surface area contributed by atoms with Gasteiger partial charge in [0, 0.05) is 11.8 Å². The largest absolute Gasteiger partial charge is 0.490 e. The van der Waals surface area contributed by atoms with Crippen molar-refractivity contribution >= 4 is 46.0 Å². The molecule has 1 aromatic heterocycles. The van der Waals surface area contributed by atoms with Crippen LogP contribution in [-0.2, 0) is 42.7 Å². The summed E-state index contributed by atoms with van der Waals surface area (Å²) in [7, 11) is -17.2. The Morgan fingerprint density at radius 2 is 1.44 bits per heavy atom. The van der Waals surface area contributed by atoms with E-state index >= 15 is 0 Å². The van der Waals surface area contributed by atoms with E-state index in [-0.39, 0.29) is 11.4 Å². The number of hydrogen-bond acceptors (Lipinski definition) is 15. The van der Waals surface area contributed by atoms with Gasteiger partial charge in [-0.2, -0.15) is 13.6 Å². The number of rotatable bonds is 13. The van der Waals surface area contributed by atoms with Crippen molar-refractivity contribution in [3.63, 3.8) is 0 Å². The van der Waals surface area contributed by atoms with E-state index in [1.165, 1.54) is 18.2 Å². The average Bonchev–Trinajstić information content (AvgIpc) is 3.21. The Morgan fingerprint density at radius 3 is 2.10 bits per heavy atom. The number of fused-ring (bicyclic) bond motifs is 1. The Bertz CT molecular complexity index is 2090. The lowest BCUT2D eigenvalue weighted by atomic mass is 10.0. The van der Waals surface area contributed by atoms with Crippen LogP contribution in [0, 0.1) is 0 Å². The fourth-order valence-electron chi connectivity index (χ4n) is 4.59. The summed E-state index contributed by atoms with van der Waals surface area (Å²) >= 11 is 0. The van der Waals surface area contributed by atoms with Crippen molar-refractivity contribution in [3.8, 4) is 0 Å². The summed E-state index contributed by atoms with van der Waals surface area (Å²) < 4.78 is 59.7. The van der Waals surface area contributed by atoms with Gasteiger partial charge in [0.05, 0.1) is 13.2 Å². The molecule has 20 nitrogen and oxygen atoms in total. The Morgan fingerprint density at radius 1 is 0.820 bits per heavy atom. The third-order valence-electron chi connectivity index (χ3n) is 7.00. The molecule has 0 bridgehead atoms. The van der Waals surface area contributed by atoms with Crippen molar-refractivity contribution in [3.05, 3.63) is 107 Å². The molecule has 2 heterocycles. The van der Waals surface area contributed by atoms with Crippen molar-refractivity contribution in [2.75, 3.05) is 11.9 Å². The lowest BCUT2D eigenvalue weighted by Gasteiger charge is -2.31. The number of phosphoric ester groups is 2. The van der Waals surface area contributed by atoms with Gasteiger partial charge in [-0.05, 0) is 40.6 Å². The highest BCUT2D eigenvalue weighted by molar-refractivity contribution is 7.66. The van der Waals surface area contributed by atoms with E-state index in [0.29, 0.717) is 10.1 Å². The molecule has 23 heteroatoms. The highest BCUT2D eigenvalue weighted by Gasteiger charge is 2.67. The first-order valence-corrected chi connectivity index (χ1v) is 18.5. The van der Waals surface area contributed by atoms with Gasteiger partial charge in [-0.15, -0.1) is 0 Å². The first-order chi connectivity index (χ1) is 23.3. The summed E-state index contributed by atoms with van der Waals surface area (Å²) in [5.74, 6) is -8.41. The minimum Gasteiger partial charge on any atom is -0.359 e. The Kier molecular flexibility index (Phi) is 10.7. The van der Waals surface area contributed by atoms with E-state index in [9.17, 15) is 58.4 Å². The second-order valence-corrected chi connectivity index (χ2v) is 15.2. The number of benzene rings is 3. The van der Waals surface area contributed by atoms with Gasteiger partial charge in [-0.1, -0.05) is 54.6 Å². The summed E-state index contributed by atoms with van der Waals surface area (Å²) in [5, 5.41) is 45.8. The topological polar surface area (TPSA) is 303 Å². The number of aliphatic hydroxyl groups is 4. The van der Waals surface area contributed by atoms with E-state index in [2.05, 4.69) is 28.0 Å². The lowest BCUT2D eigenvalue weighted by molar-refractivity contribution is -0.355. The number of ether oxygens (including phenoxy) is 1. The number of carbonyl (C=O) groups is 1. The first kappa shape index (κ1) is 37.7. The highest BCUT2D eigenvalue weighted by Crippen LogP contribution is 2.68. The molecule has 0 spiro atoms. The number of hydrogen-bond donors (Lipinski definition) is 8. The van der Waals surface area contributed by atoms with Crippen LogP contribution in [0.25, 0.3) is 10.8 Å². The Hall–Kier alpha value is -3.52. The molecular weight excluding hydrogens is 731 g/mol. The molecule has 5 rings (SSSR count). The molecule has 1 amide bonds. The van der Waals surface area contributed by atoms with Crippen molar-refractivity contribution in [1.82, 2.24) is 9.55 Å². The number of anilines is 1. The molecule has 3 aromatic carbocycles. The smallest absolute Gasteiger partial charge is 0.359 e. The number of amides is 1. The molecule has 8 N–H and O–H groups in total. The summed E-state index contributed by atoms with van der Waals surface area (Å²) in [6.07, 6.45) is -3.91. The van der Waals surface area contributed by atoms with Crippen LogP contribution >= 0.6 is 23.5 Å². The predicted molar refractivity (Wildman–Crippen MR) is 167 cm³/mol. The number of nitrogens with one attached hydrogen (secondary N) is 1. The zero-order chi connectivity index (χ0) is 36.5.